The molecule has 2 amide bonds. The zero-order valence-corrected chi connectivity index (χ0v) is 20.2. The van der Waals surface area contributed by atoms with Gasteiger partial charge in [-0.1, -0.05) is 55.5 Å². The standard InChI is InChI=1S/C27H32N2O6/c1-3-23(24(30)29-15-9-8-14-27(29,17-34-2)25(31)32)28-26(33)35-16-22-20-12-6-4-10-18(20)19-11-5-7-13-21(19)22/h4-7,10-13,22-23H,3,8-9,14-17H2,1-2H3,(H,28,33)(H,31,32). The monoisotopic (exact) mass is 480 g/mol. The van der Waals surface area contributed by atoms with Gasteiger partial charge in [0.15, 0.2) is 5.54 Å². The lowest BCUT2D eigenvalue weighted by atomic mass is 9.86. The van der Waals surface area contributed by atoms with Crippen molar-refractivity contribution < 1.29 is 29.0 Å². The van der Waals surface area contributed by atoms with Gasteiger partial charge in [-0.05, 0) is 47.9 Å². The van der Waals surface area contributed by atoms with Crippen molar-refractivity contribution >= 4 is 18.0 Å². The SMILES string of the molecule is CCC(NC(=O)OCC1c2ccccc2-c2ccccc21)C(=O)N1CCCCC1(COC)C(=O)O. The van der Waals surface area contributed by atoms with E-state index in [9.17, 15) is 19.5 Å². The molecule has 1 fully saturated rings. The third-order valence-electron chi connectivity index (χ3n) is 7.13. The fourth-order valence-electron chi connectivity index (χ4n) is 5.34. The van der Waals surface area contributed by atoms with E-state index in [0.717, 1.165) is 22.3 Å². The van der Waals surface area contributed by atoms with Gasteiger partial charge in [0.25, 0.3) is 0 Å². The molecule has 0 spiro atoms. The van der Waals surface area contributed by atoms with Crippen LogP contribution in [0.1, 0.15) is 49.7 Å². The molecule has 186 valence electrons. The summed E-state index contributed by atoms with van der Waals surface area (Å²) < 4.78 is 10.8. The lowest BCUT2D eigenvalue weighted by Gasteiger charge is -2.44. The molecule has 8 nitrogen and oxygen atoms in total. The number of hydrogen-bond donors (Lipinski definition) is 2. The van der Waals surface area contributed by atoms with Crippen molar-refractivity contribution in [3.63, 3.8) is 0 Å². The molecule has 0 radical (unpaired) electrons. The first-order chi connectivity index (χ1) is 16.9. The average molecular weight is 481 g/mol. The molecular formula is C27H32N2O6. The number of likely N-dealkylation sites (tertiary alicyclic amines) is 1. The van der Waals surface area contributed by atoms with E-state index in [1.54, 1.807) is 6.92 Å². The summed E-state index contributed by atoms with van der Waals surface area (Å²) in [7, 11) is 1.42. The molecule has 1 aliphatic carbocycles. The summed E-state index contributed by atoms with van der Waals surface area (Å²) in [5.41, 5.74) is 3.03. The number of piperidine rings is 1. The van der Waals surface area contributed by atoms with Crippen LogP contribution in [0.15, 0.2) is 48.5 Å². The zero-order chi connectivity index (χ0) is 25.0. The topological polar surface area (TPSA) is 105 Å². The van der Waals surface area contributed by atoms with E-state index in [4.69, 9.17) is 9.47 Å². The van der Waals surface area contributed by atoms with Crippen LogP contribution < -0.4 is 5.32 Å². The largest absolute Gasteiger partial charge is 0.479 e. The van der Waals surface area contributed by atoms with Gasteiger partial charge in [0, 0.05) is 19.6 Å². The Morgan fingerprint density at radius 1 is 1.09 bits per heavy atom. The number of benzene rings is 2. The van der Waals surface area contributed by atoms with Crippen LogP contribution in [-0.4, -0.2) is 66.4 Å². The van der Waals surface area contributed by atoms with Gasteiger partial charge in [0.1, 0.15) is 12.6 Å². The summed E-state index contributed by atoms with van der Waals surface area (Å²) in [5, 5.41) is 12.6. The van der Waals surface area contributed by atoms with Crippen LogP contribution in [0.5, 0.6) is 0 Å². The first-order valence-corrected chi connectivity index (χ1v) is 12.1. The van der Waals surface area contributed by atoms with Gasteiger partial charge in [-0.25, -0.2) is 9.59 Å². The summed E-state index contributed by atoms with van der Waals surface area (Å²) in [6.45, 7) is 2.11. The Morgan fingerprint density at radius 3 is 2.29 bits per heavy atom. The molecule has 2 N–H and O–H groups in total. The number of ether oxygens (including phenoxy) is 2. The fraction of sp³-hybridized carbons (Fsp3) is 0.444. The molecule has 1 heterocycles. The molecule has 8 heteroatoms. The van der Waals surface area contributed by atoms with E-state index in [1.165, 1.54) is 12.0 Å². The Balaban J connectivity index is 1.45. The molecule has 0 bridgehead atoms. The molecule has 1 saturated heterocycles. The Labute approximate surface area is 205 Å². The number of rotatable bonds is 8. The summed E-state index contributed by atoms with van der Waals surface area (Å²) in [6, 6.07) is 15.2. The lowest BCUT2D eigenvalue weighted by molar-refractivity contribution is -0.168. The second kappa shape index (κ2) is 10.5. The first-order valence-electron chi connectivity index (χ1n) is 12.1. The summed E-state index contributed by atoms with van der Waals surface area (Å²) in [5.74, 6) is -1.61. The summed E-state index contributed by atoms with van der Waals surface area (Å²) >= 11 is 0. The summed E-state index contributed by atoms with van der Waals surface area (Å²) in [6.07, 6.45) is 1.31. The number of methoxy groups -OCH3 is 1. The minimum Gasteiger partial charge on any atom is -0.479 e. The maximum Gasteiger partial charge on any atom is 0.407 e. The molecule has 2 unspecified atom stereocenters. The molecule has 2 atom stereocenters. The van der Waals surface area contributed by atoms with Crippen LogP contribution in [0.4, 0.5) is 4.79 Å². The highest BCUT2D eigenvalue weighted by Gasteiger charge is 2.49. The Kier molecular flexibility index (Phi) is 7.40. The van der Waals surface area contributed by atoms with Crippen LogP contribution in [-0.2, 0) is 19.1 Å². The van der Waals surface area contributed by atoms with Crippen molar-refractivity contribution in [1.29, 1.82) is 0 Å². The van der Waals surface area contributed by atoms with Crippen LogP contribution >= 0.6 is 0 Å². The van der Waals surface area contributed by atoms with Gasteiger partial charge in [0.2, 0.25) is 5.91 Å². The van der Waals surface area contributed by atoms with Crippen LogP contribution in [0.25, 0.3) is 11.1 Å². The van der Waals surface area contributed by atoms with Crippen molar-refractivity contribution in [2.75, 3.05) is 26.9 Å². The number of nitrogens with one attached hydrogen (secondary N) is 1. The number of carboxylic acids is 1. The van der Waals surface area contributed by atoms with Crippen molar-refractivity contribution in [1.82, 2.24) is 10.2 Å². The quantitative estimate of drug-likeness (QED) is 0.596. The van der Waals surface area contributed by atoms with Gasteiger partial charge in [0.05, 0.1) is 6.61 Å². The second-order valence-corrected chi connectivity index (χ2v) is 9.15. The predicted octanol–water partition coefficient (Wildman–Crippen LogP) is 3.79. The van der Waals surface area contributed by atoms with Crippen molar-refractivity contribution in [2.45, 2.75) is 50.1 Å². The van der Waals surface area contributed by atoms with Gasteiger partial charge in [-0.2, -0.15) is 0 Å². The predicted molar refractivity (Wildman–Crippen MR) is 130 cm³/mol. The van der Waals surface area contributed by atoms with Crippen LogP contribution in [0.3, 0.4) is 0 Å². The Hall–Kier alpha value is -3.39. The first kappa shape index (κ1) is 24.7. The number of hydrogen-bond acceptors (Lipinski definition) is 5. The highest BCUT2D eigenvalue weighted by molar-refractivity contribution is 5.91. The molecule has 2 aromatic rings. The number of carbonyl (C=O) groups excluding carboxylic acids is 2. The Morgan fingerprint density at radius 2 is 1.71 bits per heavy atom. The highest BCUT2D eigenvalue weighted by Crippen LogP contribution is 2.44. The number of carboxylic acid groups (broad SMARTS) is 1. The van der Waals surface area contributed by atoms with E-state index in [-0.39, 0.29) is 19.1 Å². The van der Waals surface area contributed by atoms with Crippen LogP contribution in [0.2, 0.25) is 0 Å². The maximum absolute atomic E-state index is 13.4. The zero-order valence-electron chi connectivity index (χ0n) is 20.2. The minimum atomic E-state index is -1.43. The van der Waals surface area contributed by atoms with Gasteiger partial charge < -0.3 is 24.8 Å². The number of carbonyl (C=O) groups is 3. The molecule has 4 rings (SSSR count). The number of aliphatic carboxylic acids is 1. The third kappa shape index (κ3) is 4.62. The number of amides is 2. The lowest BCUT2D eigenvalue weighted by Crippen LogP contribution is -2.65. The van der Waals surface area contributed by atoms with Crippen molar-refractivity contribution in [3.05, 3.63) is 59.7 Å². The van der Waals surface area contributed by atoms with Crippen LogP contribution in [0, 0.1) is 0 Å². The van der Waals surface area contributed by atoms with E-state index < -0.39 is 29.6 Å². The van der Waals surface area contributed by atoms with E-state index >= 15 is 0 Å². The molecule has 2 aliphatic rings. The molecule has 35 heavy (non-hydrogen) atoms. The minimum absolute atomic E-state index is 0.0904. The molecule has 2 aromatic carbocycles. The smallest absolute Gasteiger partial charge is 0.407 e. The van der Waals surface area contributed by atoms with E-state index in [1.807, 2.05) is 36.4 Å². The summed E-state index contributed by atoms with van der Waals surface area (Å²) in [4.78, 5) is 39.7. The molecular weight excluding hydrogens is 448 g/mol. The highest BCUT2D eigenvalue weighted by atomic mass is 16.5. The number of alkyl carbamates (subject to hydrolysis) is 1. The van der Waals surface area contributed by atoms with Crippen molar-refractivity contribution in [3.8, 4) is 11.1 Å². The van der Waals surface area contributed by atoms with E-state index in [2.05, 4.69) is 17.4 Å². The normalized spacial score (nSPS) is 20.0. The van der Waals surface area contributed by atoms with E-state index in [0.29, 0.717) is 32.2 Å². The third-order valence-corrected chi connectivity index (χ3v) is 7.13. The maximum atomic E-state index is 13.4. The molecule has 0 saturated carbocycles. The Bertz CT molecular complexity index is 1050. The fourth-order valence-corrected chi connectivity index (χ4v) is 5.34. The molecule has 0 aromatic heterocycles. The van der Waals surface area contributed by atoms with Crippen molar-refractivity contribution in [2.24, 2.45) is 0 Å². The number of nitrogens with zero attached hydrogens (tertiary/aromatic N) is 1. The molecule has 1 aliphatic heterocycles. The van der Waals surface area contributed by atoms with Gasteiger partial charge in [-0.3, -0.25) is 4.79 Å². The number of fused-ring (bicyclic) bond motifs is 3. The van der Waals surface area contributed by atoms with Gasteiger partial charge >= 0.3 is 12.1 Å². The van der Waals surface area contributed by atoms with Gasteiger partial charge in [-0.15, -0.1) is 0 Å². The second-order valence-electron chi connectivity index (χ2n) is 9.15. The average Bonchev–Trinajstić information content (AvgIpc) is 3.19.